The van der Waals surface area contributed by atoms with E-state index in [1.54, 1.807) is 0 Å². The van der Waals surface area contributed by atoms with Crippen molar-refractivity contribution in [3.63, 3.8) is 0 Å². The Morgan fingerprint density at radius 3 is 2.25 bits per heavy atom. The number of rotatable bonds is 2. The molecule has 2 fully saturated rings. The molecule has 0 saturated heterocycles. The Morgan fingerprint density at radius 2 is 1.67 bits per heavy atom. The van der Waals surface area contributed by atoms with Crippen LogP contribution >= 0.6 is 0 Å². The van der Waals surface area contributed by atoms with Gasteiger partial charge in [-0.15, -0.1) is 0 Å². The van der Waals surface area contributed by atoms with Crippen molar-refractivity contribution < 1.29 is 0 Å². The first-order valence-corrected chi connectivity index (χ1v) is 5.60. The highest BCUT2D eigenvalue weighted by Crippen LogP contribution is 2.27. The van der Waals surface area contributed by atoms with Crippen LogP contribution in [0.25, 0.3) is 0 Å². The Hall–Kier alpha value is -0.0400. The first-order valence-electron chi connectivity index (χ1n) is 5.60. The fourth-order valence-corrected chi connectivity index (χ4v) is 2.78. The van der Waals surface area contributed by atoms with Crippen LogP contribution in [-0.2, 0) is 0 Å². The molecule has 0 aromatic rings. The molecule has 1 N–H and O–H groups in total. The van der Waals surface area contributed by atoms with Gasteiger partial charge in [0.05, 0.1) is 0 Å². The maximum atomic E-state index is 3.81. The van der Waals surface area contributed by atoms with E-state index in [0.717, 1.165) is 18.0 Å². The molecule has 0 aromatic heterocycles. The van der Waals surface area contributed by atoms with Gasteiger partial charge in [0.1, 0.15) is 0 Å². The van der Waals surface area contributed by atoms with E-state index in [2.05, 4.69) is 12.2 Å². The minimum Gasteiger partial charge on any atom is -0.311 e. The van der Waals surface area contributed by atoms with Crippen LogP contribution in [-0.4, -0.2) is 12.1 Å². The van der Waals surface area contributed by atoms with Gasteiger partial charge in [0, 0.05) is 12.1 Å². The molecule has 0 unspecified atom stereocenters. The van der Waals surface area contributed by atoms with Crippen molar-refractivity contribution in [2.75, 3.05) is 0 Å². The summed E-state index contributed by atoms with van der Waals surface area (Å²) in [7, 11) is 0. The summed E-state index contributed by atoms with van der Waals surface area (Å²) in [5.74, 6) is 0.976. The van der Waals surface area contributed by atoms with E-state index in [9.17, 15) is 0 Å². The Balaban J connectivity index is 1.72. The van der Waals surface area contributed by atoms with Gasteiger partial charge in [0.15, 0.2) is 0 Å². The molecule has 12 heavy (non-hydrogen) atoms. The third-order valence-electron chi connectivity index (χ3n) is 3.52. The molecule has 1 heteroatoms. The molecule has 2 aliphatic rings. The quantitative estimate of drug-likeness (QED) is 0.667. The molecule has 0 aliphatic heterocycles. The number of hydrogen-bond acceptors (Lipinski definition) is 1. The van der Waals surface area contributed by atoms with E-state index in [1.165, 1.54) is 44.9 Å². The maximum absolute atomic E-state index is 3.81. The van der Waals surface area contributed by atoms with E-state index in [1.807, 2.05) is 0 Å². The van der Waals surface area contributed by atoms with Gasteiger partial charge in [-0.05, 0) is 38.0 Å². The van der Waals surface area contributed by atoms with Crippen LogP contribution in [0, 0.1) is 5.92 Å². The second-order valence-electron chi connectivity index (χ2n) is 4.76. The standard InChI is InChI=1S/C11H21N/c1-9-6-7-11(8-9)12-10-4-2-3-5-10/h9-12H,2-8H2,1H3/t9-,11+/m1/s1. The van der Waals surface area contributed by atoms with Crippen LogP contribution < -0.4 is 5.32 Å². The van der Waals surface area contributed by atoms with Gasteiger partial charge < -0.3 is 5.32 Å². The molecule has 0 heterocycles. The van der Waals surface area contributed by atoms with Crippen molar-refractivity contribution in [1.29, 1.82) is 0 Å². The molecular formula is C11H21N. The second-order valence-corrected chi connectivity index (χ2v) is 4.76. The van der Waals surface area contributed by atoms with Gasteiger partial charge in [-0.25, -0.2) is 0 Å². The summed E-state index contributed by atoms with van der Waals surface area (Å²) in [5.41, 5.74) is 0. The van der Waals surface area contributed by atoms with E-state index in [-0.39, 0.29) is 0 Å². The molecule has 0 amide bonds. The molecule has 70 valence electrons. The fourth-order valence-electron chi connectivity index (χ4n) is 2.78. The monoisotopic (exact) mass is 167 g/mol. The molecule has 0 bridgehead atoms. The summed E-state index contributed by atoms with van der Waals surface area (Å²) < 4.78 is 0. The Bertz CT molecular complexity index is 138. The van der Waals surface area contributed by atoms with Crippen LogP contribution in [0.5, 0.6) is 0 Å². The fraction of sp³-hybridized carbons (Fsp3) is 1.00. The molecule has 0 radical (unpaired) electrons. The average Bonchev–Trinajstić information content (AvgIpc) is 2.63. The minimum absolute atomic E-state index is 0.864. The van der Waals surface area contributed by atoms with Gasteiger partial charge in [-0.2, -0.15) is 0 Å². The molecular weight excluding hydrogens is 146 g/mol. The van der Waals surface area contributed by atoms with Gasteiger partial charge >= 0.3 is 0 Å². The molecule has 2 atom stereocenters. The topological polar surface area (TPSA) is 12.0 Å². The third kappa shape index (κ3) is 2.01. The van der Waals surface area contributed by atoms with Crippen LogP contribution in [0.3, 0.4) is 0 Å². The smallest absolute Gasteiger partial charge is 0.00722 e. The predicted octanol–water partition coefficient (Wildman–Crippen LogP) is 2.71. The lowest BCUT2D eigenvalue weighted by Gasteiger charge is -2.18. The van der Waals surface area contributed by atoms with Crippen molar-refractivity contribution in [3.05, 3.63) is 0 Å². The van der Waals surface area contributed by atoms with Crippen molar-refractivity contribution in [2.24, 2.45) is 5.92 Å². The second kappa shape index (κ2) is 3.78. The lowest BCUT2D eigenvalue weighted by atomic mass is 10.1. The third-order valence-corrected chi connectivity index (χ3v) is 3.52. The lowest BCUT2D eigenvalue weighted by Crippen LogP contribution is -2.34. The predicted molar refractivity (Wildman–Crippen MR) is 52.2 cm³/mol. The SMILES string of the molecule is C[C@@H]1CC[C@H](NC2CCCC2)C1. The molecule has 1 nitrogen and oxygen atoms in total. The van der Waals surface area contributed by atoms with Crippen LogP contribution in [0.4, 0.5) is 0 Å². The summed E-state index contributed by atoms with van der Waals surface area (Å²) in [6.45, 7) is 2.39. The van der Waals surface area contributed by atoms with Gasteiger partial charge in [-0.1, -0.05) is 19.8 Å². The average molecular weight is 167 g/mol. The summed E-state index contributed by atoms with van der Waals surface area (Å²) in [6, 6.07) is 1.74. The Labute approximate surface area is 75.9 Å². The number of hydrogen-bond donors (Lipinski definition) is 1. The minimum atomic E-state index is 0.864. The van der Waals surface area contributed by atoms with Gasteiger partial charge in [-0.3, -0.25) is 0 Å². The van der Waals surface area contributed by atoms with E-state index in [0.29, 0.717) is 0 Å². The molecule has 0 aromatic carbocycles. The van der Waals surface area contributed by atoms with Gasteiger partial charge in [0.25, 0.3) is 0 Å². The highest BCUT2D eigenvalue weighted by molar-refractivity contribution is 4.83. The van der Waals surface area contributed by atoms with E-state index < -0.39 is 0 Å². The largest absolute Gasteiger partial charge is 0.311 e. The van der Waals surface area contributed by atoms with Crippen molar-refractivity contribution >= 4 is 0 Å². The van der Waals surface area contributed by atoms with Crippen LogP contribution in [0.15, 0.2) is 0 Å². The summed E-state index contributed by atoms with van der Waals surface area (Å²) in [4.78, 5) is 0. The van der Waals surface area contributed by atoms with Crippen molar-refractivity contribution in [3.8, 4) is 0 Å². The summed E-state index contributed by atoms with van der Waals surface area (Å²) in [5, 5.41) is 3.81. The number of nitrogens with one attached hydrogen (secondary N) is 1. The molecule has 0 spiro atoms. The lowest BCUT2D eigenvalue weighted by molar-refractivity contribution is 0.426. The molecule has 2 aliphatic carbocycles. The van der Waals surface area contributed by atoms with Crippen LogP contribution in [0.2, 0.25) is 0 Å². The van der Waals surface area contributed by atoms with E-state index >= 15 is 0 Å². The summed E-state index contributed by atoms with van der Waals surface area (Å²) >= 11 is 0. The normalized spacial score (nSPS) is 37.8. The van der Waals surface area contributed by atoms with Crippen molar-refractivity contribution in [1.82, 2.24) is 5.32 Å². The highest BCUT2D eigenvalue weighted by atomic mass is 15.0. The Kier molecular flexibility index (Phi) is 2.69. The van der Waals surface area contributed by atoms with Crippen molar-refractivity contribution in [2.45, 2.75) is 64.0 Å². The molecule has 2 saturated carbocycles. The first-order chi connectivity index (χ1) is 5.84. The zero-order valence-corrected chi connectivity index (χ0v) is 8.18. The highest BCUT2D eigenvalue weighted by Gasteiger charge is 2.24. The zero-order chi connectivity index (χ0) is 8.39. The zero-order valence-electron chi connectivity index (χ0n) is 8.18. The van der Waals surface area contributed by atoms with E-state index in [4.69, 9.17) is 0 Å². The summed E-state index contributed by atoms with van der Waals surface area (Å²) in [6.07, 6.45) is 10.1. The Morgan fingerprint density at radius 1 is 0.917 bits per heavy atom. The van der Waals surface area contributed by atoms with Crippen LogP contribution in [0.1, 0.15) is 51.9 Å². The first kappa shape index (κ1) is 8.55. The molecule has 2 rings (SSSR count). The van der Waals surface area contributed by atoms with Gasteiger partial charge in [0.2, 0.25) is 0 Å². The maximum Gasteiger partial charge on any atom is 0.00722 e.